The predicted molar refractivity (Wildman–Crippen MR) is 63.3 cm³/mol. The van der Waals surface area contributed by atoms with Gasteiger partial charge in [0.2, 0.25) is 0 Å². The molecule has 0 aliphatic rings. The maximum atomic E-state index is 11.3. The van der Waals surface area contributed by atoms with Gasteiger partial charge in [-0.1, -0.05) is 12.1 Å². The van der Waals surface area contributed by atoms with Crippen molar-refractivity contribution in [3.8, 4) is 6.07 Å². The third-order valence-electron chi connectivity index (χ3n) is 2.10. The number of hydrogen-bond donors (Lipinski definition) is 2. The van der Waals surface area contributed by atoms with E-state index in [4.69, 9.17) is 10.00 Å². The van der Waals surface area contributed by atoms with Crippen LogP contribution >= 0.6 is 0 Å². The molecule has 0 heterocycles. The molecule has 17 heavy (non-hydrogen) atoms. The van der Waals surface area contributed by atoms with E-state index in [0.717, 1.165) is 5.56 Å². The Morgan fingerprint density at radius 2 is 2.29 bits per heavy atom. The Morgan fingerprint density at radius 1 is 1.47 bits per heavy atom. The van der Waals surface area contributed by atoms with Crippen molar-refractivity contribution < 1.29 is 9.53 Å². The average Bonchev–Trinajstić information content (AvgIpc) is 2.37. The maximum absolute atomic E-state index is 11.3. The third-order valence-corrected chi connectivity index (χ3v) is 2.10. The second kappa shape index (κ2) is 7.25. The summed E-state index contributed by atoms with van der Waals surface area (Å²) < 4.78 is 4.81. The van der Waals surface area contributed by atoms with Crippen molar-refractivity contribution in [2.75, 3.05) is 20.3 Å². The molecule has 1 rings (SSSR count). The van der Waals surface area contributed by atoms with Crippen LogP contribution in [0.3, 0.4) is 0 Å². The van der Waals surface area contributed by atoms with Crippen molar-refractivity contribution in [1.29, 1.82) is 5.26 Å². The molecule has 0 aromatic heterocycles. The minimum Gasteiger partial charge on any atom is -0.383 e. The molecule has 0 saturated heterocycles. The monoisotopic (exact) mass is 233 g/mol. The topological polar surface area (TPSA) is 74.2 Å². The number of benzene rings is 1. The standard InChI is InChI=1S/C12H15N3O2/c1-17-6-5-14-12(16)15-9-11-4-2-3-10(7-11)8-13/h2-4,7H,5-6,9H2,1H3,(H2,14,15,16). The highest BCUT2D eigenvalue weighted by Gasteiger charge is 2.00. The van der Waals surface area contributed by atoms with Crippen LogP contribution in [-0.2, 0) is 11.3 Å². The zero-order valence-corrected chi connectivity index (χ0v) is 9.69. The quantitative estimate of drug-likeness (QED) is 0.745. The fourth-order valence-corrected chi connectivity index (χ4v) is 1.26. The normalized spacial score (nSPS) is 9.41. The molecule has 0 fully saturated rings. The van der Waals surface area contributed by atoms with Crippen molar-refractivity contribution >= 4 is 6.03 Å². The summed E-state index contributed by atoms with van der Waals surface area (Å²) in [4.78, 5) is 11.3. The number of hydrogen-bond acceptors (Lipinski definition) is 3. The zero-order valence-electron chi connectivity index (χ0n) is 9.69. The van der Waals surface area contributed by atoms with Crippen LogP contribution in [-0.4, -0.2) is 26.3 Å². The largest absolute Gasteiger partial charge is 0.383 e. The van der Waals surface area contributed by atoms with E-state index in [2.05, 4.69) is 16.7 Å². The molecule has 0 aliphatic carbocycles. The van der Waals surface area contributed by atoms with Gasteiger partial charge in [-0.05, 0) is 17.7 Å². The highest BCUT2D eigenvalue weighted by atomic mass is 16.5. The van der Waals surface area contributed by atoms with Gasteiger partial charge in [0, 0.05) is 20.2 Å². The number of carbonyl (C=O) groups is 1. The summed E-state index contributed by atoms with van der Waals surface area (Å²) in [5, 5.41) is 14.1. The van der Waals surface area contributed by atoms with Crippen LogP contribution in [0.2, 0.25) is 0 Å². The molecule has 90 valence electrons. The molecule has 0 aliphatic heterocycles. The lowest BCUT2D eigenvalue weighted by Gasteiger charge is -2.07. The van der Waals surface area contributed by atoms with E-state index in [-0.39, 0.29) is 6.03 Å². The number of ether oxygens (including phenoxy) is 1. The minimum absolute atomic E-state index is 0.246. The highest BCUT2D eigenvalue weighted by Crippen LogP contribution is 2.03. The van der Waals surface area contributed by atoms with Crippen LogP contribution in [0.1, 0.15) is 11.1 Å². The number of nitrogens with zero attached hydrogens (tertiary/aromatic N) is 1. The van der Waals surface area contributed by atoms with Gasteiger partial charge >= 0.3 is 6.03 Å². The van der Waals surface area contributed by atoms with E-state index < -0.39 is 0 Å². The Hall–Kier alpha value is -2.06. The predicted octanol–water partition coefficient (Wildman–Crippen LogP) is 1.00. The number of rotatable bonds is 5. The highest BCUT2D eigenvalue weighted by molar-refractivity contribution is 5.73. The summed E-state index contributed by atoms with van der Waals surface area (Å²) >= 11 is 0. The van der Waals surface area contributed by atoms with Crippen LogP contribution in [0.4, 0.5) is 4.79 Å². The first-order valence-corrected chi connectivity index (χ1v) is 5.26. The number of carbonyl (C=O) groups excluding carboxylic acids is 1. The molecule has 0 atom stereocenters. The van der Waals surface area contributed by atoms with Gasteiger partial charge < -0.3 is 15.4 Å². The van der Waals surface area contributed by atoms with Gasteiger partial charge in [-0.25, -0.2) is 4.79 Å². The molecule has 1 aromatic carbocycles. The van der Waals surface area contributed by atoms with Gasteiger partial charge in [-0.2, -0.15) is 5.26 Å². The number of nitrogens with one attached hydrogen (secondary N) is 2. The molecule has 0 radical (unpaired) electrons. The SMILES string of the molecule is COCCNC(=O)NCc1cccc(C#N)c1. The van der Waals surface area contributed by atoms with Gasteiger partial charge in [-0.15, -0.1) is 0 Å². The lowest BCUT2D eigenvalue weighted by atomic mass is 10.1. The Morgan fingerprint density at radius 3 is 3.00 bits per heavy atom. The molecule has 5 nitrogen and oxygen atoms in total. The number of urea groups is 1. The van der Waals surface area contributed by atoms with Gasteiger partial charge in [-0.3, -0.25) is 0 Å². The van der Waals surface area contributed by atoms with E-state index in [1.807, 2.05) is 6.07 Å². The van der Waals surface area contributed by atoms with E-state index in [1.165, 1.54) is 0 Å². The third kappa shape index (κ3) is 5.00. The summed E-state index contributed by atoms with van der Waals surface area (Å²) in [6.45, 7) is 1.35. The maximum Gasteiger partial charge on any atom is 0.315 e. The summed E-state index contributed by atoms with van der Waals surface area (Å²) in [7, 11) is 1.58. The van der Waals surface area contributed by atoms with E-state index in [9.17, 15) is 4.79 Å². The van der Waals surface area contributed by atoms with Crippen molar-refractivity contribution in [2.45, 2.75) is 6.54 Å². The van der Waals surface area contributed by atoms with Crippen molar-refractivity contribution in [1.82, 2.24) is 10.6 Å². The van der Waals surface area contributed by atoms with Gasteiger partial charge in [0.15, 0.2) is 0 Å². The smallest absolute Gasteiger partial charge is 0.315 e. The Kier molecular flexibility index (Phi) is 5.55. The molecule has 0 saturated carbocycles. The molecule has 2 N–H and O–H groups in total. The number of methoxy groups -OCH3 is 1. The first kappa shape index (κ1) is 13.0. The van der Waals surface area contributed by atoms with Crippen LogP contribution in [0, 0.1) is 11.3 Å². The lowest BCUT2D eigenvalue weighted by Crippen LogP contribution is -2.36. The second-order valence-electron chi connectivity index (χ2n) is 3.41. The summed E-state index contributed by atoms with van der Waals surface area (Å²) in [6, 6.07) is 8.92. The van der Waals surface area contributed by atoms with Crippen LogP contribution in [0.15, 0.2) is 24.3 Å². The Balaban J connectivity index is 2.34. The average molecular weight is 233 g/mol. The molecule has 1 aromatic rings. The Bertz CT molecular complexity index is 412. The van der Waals surface area contributed by atoms with E-state index >= 15 is 0 Å². The minimum atomic E-state index is -0.246. The van der Waals surface area contributed by atoms with E-state index in [1.54, 1.807) is 25.3 Å². The van der Waals surface area contributed by atoms with Crippen LogP contribution in [0.25, 0.3) is 0 Å². The van der Waals surface area contributed by atoms with Crippen LogP contribution in [0.5, 0.6) is 0 Å². The fraction of sp³-hybridized carbons (Fsp3) is 0.333. The van der Waals surface area contributed by atoms with Crippen molar-refractivity contribution in [2.24, 2.45) is 0 Å². The first-order chi connectivity index (χ1) is 8.26. The first-order valence-electron chi connectivity index (χ1n) is 5.26. The summed E-state index contributed by atoms with van der Waals surface area (Å²) in [5.41, 5.74) is 1.48. The molecular formula is C12H15N3O2. The van der Waals surface area contributed by atoms with Crippen molar-refractivity contribution in [3.05, 3.63) is 35.4 Å². The Labute approximate surface area is 100 Å². The summed E-state index contributed by atoms with van der Waals surface area (Å²) in [5.74, 6) is 0. The van der Waals surface area contributed by atoms with Crippen LogP contribution < -0.4 is 10.6 Å². The zero-order chi connectivity index (χ0) is 12.5. The second-order valence-corrected chi connectivity index (χ2v) is 3.41. The molecule has 2 amide bonds. The fourth-order valence-electron chi connectivity index (χ4n) is 1.26. The van der Waals surface area contributed by atoms with Gasteiger partial charge in [0.1, 0.15) is 0 Å². The molecule has 0 bridgehead atoms. The lowest BCUT2D eigenvalue weighted by molar-refractivity contribution is 0.196. The van der Waals surface area contributed by atoms with Gasteiger partial charge in [0.25, 0.3) is 0 Å². The number of amides is 2. The molecular weight excluding hydrogens is 218 g/mol. The summed E-state index contributed by atoms with van der Waals surface area (Å²) in [6.07, 6.45) is 0. The van der Waals surface area contributed by atoms with Gasteiger partial charge in [0.05, 0.1) is 18.2 Å². The molecule has 0 spiro atoms. The molecule has 5 heteroatoms. The number of nitriles is 1. The van der Waals surface area contributed by atoms with E-state index in [0.29, 0.717) is 25.3 Å². The van der Waals surface area contributed by atoms with Crippen molar-refractivity contribution in [3.63, 3.8) is 0 Å². The molecule has 0 unspecified atom stereocenters.